The van der Waals surface area contributed by atoms with Crippen molar-refractivity contribution in [3.63, 3.8) is 0 Å². The van der Waals surface area contributed by atoms with Gasteiger partial charge in [0.15, 0.2) is 0 Å². The van der Waals surface area contributed by atoms with Crippen molar-refractivity contribution in [2.45, 2.75) is 6.42 Å². The van der Waals surface area contributed by atoms with E-state index in [4.69, 9.17) is 5.11 Å². The zero-order valence-electron chi connectivity index (χ0n) is 8.65. The van der Waals surface area contributed by atoms with E-state index in [1.165, 1.54) is 4.68 Å². The predicted octanol–water partition coefficient (Wildman–Crippen LogP) is 0.336. The minimum atomic E-state index is -1.02. The first kappa shape index (κ1) is 10.3. The molecule has 2 rings (SSSR count). The normalized spacial score (nSPS) is 10.6. The molecule has 0 amide bonds. The summed E-state index contributed by atoms with van der Waals surface area (Å²) in [6, 6.07) is 1.77. The number of carboxylic acids is 1. The highest BCUT2D eigenvalue weighted by Crippen LogP contribution is 2.18. The monoisotopic (exact) mass is 221 g/mol. The quantitative estimate of drug-likeness (QED) is 0.697. The highest BCUT2D eigenvalue weighted by molar-refractivity contribution is 5.74. The number of aryl methyl sites for hydroxylation is 1. The SMILES string of the molecule is Cn1[nH]c(-c2cc[nH]c2)c(CC(=O)O)c1=O. The third-order valence-corrected chi connectivity index (χ3v) is 2.36. The van der Waals surface area contributed by atoms with Crippen molar-refractivity contribution in [1.82, 2.24) is 14.8 Å². The zero-order valence-corrected chi connectivity index (χ0v) is 8.65. The maximum absolute atomic E-state index is 11.7. The van der Waals surface area contributed by atoms with E-state index in [1.807, 2.05) is 0 Å². The van der Waals surface area contributed by atoms with Crippen LogP contribution in [0.4, 0.5) is 0 Å². The second-order valence-electron chi connectivity index (χ2n) is 3.50. The minimum absolute atomic E-state index is 0.273. The molecule has 0 fully saturated rings. The molecule has 16 heavy (non-hydrogen) atoms. The average Bonchev–Trinajstić information content (AvgIpc) is 2.81. The van der Waals surface area contributed by atoms with Crippen LogP contribution in [0.5, 0.6) is 0 Å². The van der Waals surface area contributed by atoms with E-state index in [-0.39, 0.29) is 17.5 Å². The third-order valence-electron chi connectivity index (χ3n) is 2.36. The van der Waals surface area contributed by atoms with Gasteiger partial charge in [-0.2, -0.15) is 0 Å². The van der Waals surface area contributed by atoms with Gasteiger partial charge < -0.3 is 10.1 Å². The summed E-state index contributed by atoms with van der Waals surface area (Å²) < 4.78 is 1.28. The van der Waals surface area contributed by atoms with Gasteiger partial charge in [0.25, 0.3) is 5.56 Å². The summed E-state index contributed by atoms with van der Waals surface area (Å²) in [7, 11) is 1.56. The Morgan fingerprint density at radius 2 is 2.31 bits per heavy atom. The second kappa shape index (κ2) is 3.73. The molecule has 0 atom stereocenters. The minimum Gasteiger partial charge on any atom is -0.481 e. The molecule has 6 nitrogen and oxygen atoms in total. The fourth-order valence-electron chi connectivity index (χ4n) is 1.63. The fourth-order valence-corrected chi connectivity index (χ4v) is 1.63. The van der Waals surface area contributed by atoms with E-state index >= 15 is 0 Å². The van der Waals surface area contributed by atoms with Crippen LogP contribution in [0.15, 0.2) is 23.3 Å². The lowest BCUT2D eigenvalue weighted by atomic mass is 10.1. The molecule has 3 N–H and O–H groups in total. The Morgan fingerprint density at radius 1 is 1.56 bits per heavy atom. The molecule has 2 aromatic heterocycles. The Bertz CT molecular complexity index is 563. The van der Waals surface area contributed by atoms with E-state index in [2.05, 4.69) is 10.1 Å². The number of carbonyl (C=O) groups is 1. The molecule has 0 radical (unpaired) electrons. The number of aromatic nitrogens is 3. The number of aliphatic carboxylic acids is 1. The molecular formula is C10H11N3O3. The van der Waals surface area contributed by atoms with E-state index in [0.717, 1.165) is 5.56 Å². The number of nitrogens with zero attached hydrogens (tertiary/aromatic N) is 1. The van der Waals surface area contributed by atoms with E-state index < -0.39 is 5.97 Å². The Labute approximate surface area is 90.5 Å². The molecule has 0 saturated carbocycles. The van der Waals surface area contributed by atoms with E-state index in [0.29, 0.717) is 5.69 Å². The number of nitrogens with one attached hydrogen (secondary N) is 2. The highest BCUT2D eigenvalue weighted by atomic mass is 16.4. The lowest BCUT2D eigenvalue weighted by Crippen LogP contribution is -2.17. The van der Waals surface area contributed by atoms with Gasteiger partial charge in [0, 0.05) is 25.0 Å². The molecule has 2 aromatic rings. The molecule has 0 unspecified atom stereocenters. The molecule has 0 bridgehead atoms. The second-order valence-corrected chi connectivity index (χ2v) is 3.50. The molecule has 0 spiro atoms. The molecule has 6 heteroatoms. The summed E-state index contributed by atoms with van der Waals surface area (Å²) in [6.07, 6.45) is 3.14. The lowest BCUT2D eigenvalue weighted by Gasteiger charge is -1.96. The Hall–Kier alpha value is -2.24. The van der Waals surface area contributed by atoms with E-state index in [1.54, 1.807) is 25.5 Å². The van der Waals surface area contributed by atoms with Gasteiger partial charge in [-0.15, -0.1) is 0 Å². The molecule has 2 heterocycles. The average molecular weight is 221 g/mol. The van der Waals surface area contributed by atoms with Crippen LogP contribution in [0.2, 0.25) is 0 Å². The van der Waals surface area contributed by atoms with Gasteiger partial charge in [-0.25, -0.2) is 0 Å². The number of carboxylic acid groups (broad SMARTS) is 1. The lowest BCUT2D eigenvalue weighted by molar-refractivity contribution is -0.136. The molecular weight excluding hydrogens is 210 g/mol. The van der Waals surface area contributed by atoms with Crippen molar-refractivity contribution in [2.24, 2.45) is 7.05 Å². The number of hydrogen-bond donors (Lipinski definition) is 3. The van der Waals surface area contributed by atoms with Crippen molar-refractivity contribution < 1.29 is 9.90 Å². The zero-order chi connectivity index (χ0) is 11.7. The number of aromatic amines is 2. The van der Waals surface area contributed by atoms with Gasteiger partial charge in [0.2, 0.25) is 0 Å². The van der Waals surface area contributed by atoms with Crippen LogP contribution in [0.1, 0.15) is 5.56 Å². The van der Waals surface area contributed by atoms with Gasteiger partial charge in [0.05, 0.1) is 17.7 Å². The molecule has 0 saturated heterocycles. The standard InChI is InChI=1S/C10H11N3O3/c1-13-10(16)7(4-8(14)15)9(12-13)6-2-3-11-5-6/h2-3,5,11-12H,4H2,1H3,(H,14,15). The first-order valence-electron chi connectivity index (χ1n) is 4.72. The van der Waals surface area contributed by atoms with Gasteiger partial charge in [-0.1, -0.05) is 0 Å². The summed E-state index contributed by atoms with van der Waals surface area (Å²) in [6.45, 7) is 0. The highest BCUT2D eigenvalue weighted by Gasteiger charge is 2.16. The molecule has 0 aromatic carbocycles. The molecule has 0 aliphatic carbocycles. The Balaban J connectivity index is 2.57. The molecule has 84 valence electrons. The summed E-state index contributed by atoms with van der Waals surface area (Å²) in [5.74, 6) is -1.02. The van der Waals surface area contributed by atoms with Crippen molar-refractivity contribution in [2.75, 3.05) is 0 Å². The third kappa shape index (κ3) is 1.65. The van der Waals surface area contributed by atoms with Crippen LogP contribution in [-0.2, 0) is 18.3 Å². The van der Waals surface area contributed by atoms with Gasteiger partial charge in [-0.05, 0) is 6.07 Å². The smallest absolute Gasteiger partial charge is 0.308 e. The Morgan fingerprint density at radius 3 is 2.88 bits per heavy atom. The first-order chi connectivity index (χ1) is 7.59. The summed E-state index contributed by atoms with van der Waals surface area (Å²) in [4.78, 5) is 25.2. The predicted molar refractivity (Wildman–Crippen MR) is 57.2 cm³/mol. The maximum Gasteiger partial charge on any atom is 0.308 e. The van der Waals surface area contributed by atoms with Crippen molar-refractivity contribution in [3.05, 3.63) is 34.4 Å². The fraction of sp³-hybridized carbons (Fsp3) is 0.200. The van der Waals surface area contributed by atoms with Crippen LogP contribution >= 0.6 is 0 Å². The summed E-state index contributed by atoms with van der Waals surface area (Å²) in [5, 5.41) is 11.6. The van der Waals surface area contributed by atoms with Crippen LogP contribution in [0.25, 0.3) is 11.3 Å². The van der Waals surface area contributed by atoms with Crippen molar-refractivity contribution >= 4 is 5.97 Å². The van der Waals surface area contributed by atoms with E-state index in [9.17, 15) is 9.59 Å². The van der Waals surface area contributed by atoms with Crippen molar-refractivity contribution in [1.29, 1.82) is 0 Å². The number of rotatable bonds is 3. The van der Waals surface area contributed by atoms with Crippen LogP contribution in [0, 0.1) is 0 Å². The topological polar surface area (TPSA) is 90.9 Å². The van der Waals surface area contributed by atoms with Crippen LogP contribution in [-0.4, -0.2) is 25.8 Å². The van der Waals surface area contributed by atoms with Gasteiger partial charge >= 0.3 is 5.97 Å². The largest absolute Gasteiger partial charge is 0.481 e. The molecule has 0 aliphatic rings. The maximum atomic E-state index is 11.7. The molecule has 0 aliphatic heterocycles. The Kier molecular flexibility index (Phi) is 2.40. The number of H-pyrrole nitrogens is 2. The van der Waals surface area contributed by atoms with Crippen LogP contribution < -0.4 is 5.56 Å². The number of hydrogen-bond acceptors (Lipinski definition) is 2. The summed E-state index contributed by atoms with van der Waals surface area (Å²) >= 11 is 0. The van der Waals surface area contributed by atoms with Crippen molar-refractivity contribution in [3.8, 4) is 11.3 Å². The van der Waals surface area contributed by atoms with Gasteiger partial charge in [-0.3, -0.25) is 19.4 Å². The first-order valence-corrected chi connectivity index (χ1v) is 4.72. The van der Waals surface area contributed by atoms with Gasteiger partial charge in [0.1, 0.15) is 0 Å². The summed E-state index contributed by atoms with van der Waals surface area (Å²) in [5.41, 5.74) is 1.29. The van der Waals surface area contributed by atoms with Crippen LogP contribution in [0.3, 0.4) is 0 Å².